The average molecular weight is 277 g/mol. The van der Waals surface area contributed by atoms with Crippen molar-refractivity contribution in [2.45, 2.75) is 26.2 Å². The molecule has 4 heteroatoms. The summed E-state index contributed by atoms with van der Waals surface area (Å²) >= 11 is 5.83. The molecular weight excluding hydrogens is 260 g/mol. The highest BCUT2D eigenvalue weighted by atomic mass is 35.5. The summed E-state index contributed by atoms with van der Waals surface area (Å²) in [6.45, 7) is 4.32. The molecule has 2 aromatic rings. The molecule has 0 aliphatic rings. The third kappa shape index (κ3) is 3.18. The molecule has 0 spiro atoms. The molecular formula is C15H17ClN2O. The van der Waals surface area contributed by atoms with E-state index in [0.29, 0.717) is 22.5 Å². The Morgan fingerprint density at radius 1 is 1.37 bits per heavy atom. The smallest absolute Gasteiger partial charge is 0.242 e. The molecule has 19 heavy (non-hydrogen) atoms. The van der Waals surface area contributed by atoms with Crippen molar-refractivity contribution < 1.29 is 4.74 Å². The maximum Gasteiger partial charge on any atom is 0.242 e. The van der Waals surface area contributed by atoms with Crippen LogP contribution in [0, 0.1) is 0 Å². The molecule has 0 aliphatic carbocycles. The van der Waals surface area contributed by atoms with Crippen molar-refractivity contribution in [2.75, 3.05) is 5.73 Å². The van der Waals surface area contributed by atoms with Crippen LogP contribution in [-0.4, -0.2) is 4.98 Å². The van der Waals surface area contributed by atoms with E-state index in [4.69, 9.17) is 22.1 Å². The molecule has 3 nitrogen and oxygen atoms in total. The lowest BCUT2D eigenvalue weighted by Gasteiger charge is -2.15. The standard InChI is InChI=1S/C15H17ClN2O/c1-3-10(2)12-6-4-5-7-14(12)19-15-13(17)8-11(16)9-18-15/h4-10H,3,17H2,1-2H3. The summed E-state index contributed by atoms with van der Waals surface area (Å²) in [5.74, 6) is 1.60. The Kier molecular flexibility index (Phi) is 4.27. The van der Waals surface area contributed by atoms with E-state index in [0.717, 1.165) is 17.7 Å². The Morgan fingerprint density at radius 3 is 2.79 bits per heavy atom. The van der Waals surface area contributed by atoms with Crippen LogP contribution in [0.5, 0.6) is 11.6 Å². The molecule has 1 unspecified atom stereocenters. The Balaban J connectivity index is 2.33. The number of hydrogen-bond acceptors (Lipinski definition) is 3. The number of hydrogen-bond donors (Lipinski definition) is 1. The van der Waals surface area contributed by atoms with Crippen LogP contribution in [0.3, 0.4) is 0 Å². The number of aromatic nitrogens is 1. The Labute approximate surface area is 118 Å². The first-order chi connectivity index (χ1) is 9.11. The molecule has 0 amide bonds. The van der Waals surface area contributed by atoms with Gasteiger partial charge in [-0.05, 0) is 30.0 Å². The van der Waals surface area contributed by atoms with Gasteiger partial charge in [-0.15, -0.1) is 0 Å². The van der Waals surface area contributed by atoms with Crippen LogP contribution in [0.2, 0.25) is 5.02 Å². The molecule has 1 aromatic heterocycles. The number of halogens is 1. The predicted octanol–water partition coefficient (Wildman–Crippen LogP) is 4.62. The fourth-order valence-corrected chi connectivity index (χ4v) is 2.00. The van der Waals surface area contributed by atoms with Crippen molar-refractivity contribution in [3.8, 4) is 11.6 Å². The maximum absolute atomic E-state index is 5.86. The van der Waals surface area contributed by atoms with Crippen molar-refractivity contribution in [3.05, 3.63) is 47.1 Å². The van der Waals surface area contributed by atoms with Crippen LogP contribution in [0.1, 0.15) is 31.7 Å². The molecule has 1 aromatic carbocycles. The minimum atomic E-state index is 0.389. The fraction of sp³-hybridized carbons (Fsp3) is 0.267. The summed E-state index contributed by atoms with van der Waals surface area (Å²) in [5.41, 5.74) is 7.45. The van der Waals surface area contributed by atoms with Gasteiger partial charge in [0.25, 0.3) is 0 Å². The van der Waals surface area contributed by atoms with E-state index >= 15 is 0 Å². The van der Waals surface area contributed by atoms with Gasteiger partial charge in [-0.1, -0.05) is 43.6 Å². The second-order valence-electron chi connectivity index (χ2n) is 4.50. The topological polar surface area (TPSA) is 48.1 Å². The monoisotopic (exact) mass is 276 g/mol. The van der Waals surface area contributed by atoms with Gasteiger partial charge in [0, 0.05) is 6.20 Å². The Hall–Kier alpha value is -1.74. The van der Waals surface area contributed by atoms with Gasteiger partial charge in [0.1, 0.15) is 5.75 Å². The highest BCUT2D eigenvalue weighted by molar-refractivity contribution is 6.30. The number of nitrogens with zero attached hydrogens (tertiary/aromatic N) is 1. The van der Waals surface area contributed by atoms with E-state index in [1.54, 1.807) is 6.07 Å². The maximum atomic E-state index is 5.86. The molecule has 2 N–H and O–H groups in total. The van der Waals surface area contributed by atoms with Crippen molar-refractivity contribution in [1.82, 2.24) is 4.98 Å². The van der Waals surface area contributed by atoms with Crippen LogP contribution in [-0.2, 0) is 0 Å². The zero-order valence-electron chi connectivity index (χ0n) is 11.1. The van der Waals surface area contributed by atoms with Crippen LogP contribution in [0.4, 0.5) is 5.69 Å². The van der Waals surface area contributed by atoms with E-state index in [2.05, 4.69) is 24.9 Å². The lowest BCUT2D eigenvalue weighted by Crippen LogP contribution is -1.99. The van der Waals surface area contributed by atoms with Gasteiger partial charge in [0.15, 0.2) is 0 Å². The van der Waals surface area contributed by atoms with Gasteiger partial charge >= 0.3 is 0 Å². The first-order valence-corrected chi connectivity index (χ1v) is 6.67. The largest absolute Gasteiger partial charge is 0.437 e. The van der Waals surface area contributed by atoms with Crippen molar-refractivity contribution in [3.63, 3.8) is 0 Å². The Bertz CT molecular complexity index is 572. The number of anilines is 1. The van der Waals surface area contributed by atoms with Crippen molar-refractivity contribution in [2.24, 2.45) is 0 Å². The third-order valence-corrected chi connectivity index (χ3v) is 3.32. The quantitative estimate of drug-likeness (QED) is 0.886. The minimum absolute atomic E-state index is 0.389. The number of pyridine rings is 1. The second kappa shape index (κ2) is 5.93. The molecule has 100 valence electrons. The van der Waals surface area contributed by atoms with Crippen LogP contribution < -0.4 is 10.5 Å². The molecule has 0 saturated carbocycles. The lowest BCUT2D eigenvalue weighted by atomic mass is 9.98. The minimum Gasteiger partial charge on any atom is -0.437 e. The second-order valence-corrected chi connectivity index (χ2v) is 4.93. The number of nitrogen functional groups attached to an aromatic ring is 1. The van der Waals surface area contributed by atoms with Crippen molar-refractivity contribution >= 4 is 17.3 Å². The number of ether oxygens (including phenoxy) is 1. The number of nitrogens with two attached hydrogens (primary N) is 1. The molecule has 0 fully saturated rings. The normalized spacial score (nSPS) is 12.2. The summed E-state index contributed by atoms with van der Waals surface area (Å²) in [7, 11) is 0. The lowest BCUT2D eigenvalue weighted by molar-refractivity contribution is 0.454. The first-order valence-electron chi connectivity index (χ1n) is 6.29. The summed E-state index contributed by atoms with van der Waals surface area (Å²) < 4.78 is 5.82. The SMILES string of the molecule is CCC(C)c1ccccc1Oc1ncc(Cl)cc1N. The zero-order valence-corrected chi connectivity index (χ0v) is 11.8. The van der Waals surface area contributed by atoms with Crippen LogP contribution in [0.15, 0.2) is 36.5 Å². The molecule has 0 radical (unpaired) electrons. The summed E-state index contributed by atoms with van der Waals surface area (Å²) in [4.78, 5) is 4.12. The zero-order chi connectivity index (χ0) is 13.8. The molecule has 0 saturated heterocycles. The number of benzene rings is 1. The number of rotatable bonds is 4. The van der Waals surface area contributed by atoms with Gasteiger partial charge in [-0.2, -0.15) is 0 Å². The van der Waals surface area contributed by atoms with Gasteiger partial charge in [0.05, 0.1) is 10.7 Å². The highest BCUT2D eigenvalue weighted by Crippen LogP contribution is 2.33. The van der Waals surface area contributed by atoms with Gasteiger partial charge in [-0.3, -0.25) is 0 Å². The van der Waals surface area contributed by atoms with E-state index in [-0.39, 0.29) is 0 Å². The summed E-state index contributed by atoms with van der Waals surface area (Å²) in [6, 6.07) is 9.57. The van der Waals surface area contributed by atoms with Crippen LogP contribution >= 0.6 is 11.6 Å². The molecule has 2 rings (SSSR count). The third-order valence-electron chi connectivity index (χ3n) is 3.11. The fourth-order valence-electron chi connectivity index (χ4n) is 1.83. The van der Waals surface area contributed by atoms with Gasteiger partial charge in [-0.25, -0.2) is 4.98 Å². The summed E-state index contributed by atoms with van der Waals surface area (Å²) in [5, 5.41) is 0.500. The van der Waals surface area contributed by atoms with E-state index in [1.807, 2.05) is 18.2 Å². The first kappa shape index (κ1) is 13.7. The Morgan fingerprint density at radius 2 is 2.11 bits per heavy atom. The highest BCUT2D eigenvalue weighted by Gasteiger charge is 2.12. The molecule has 1 heterocycles. The van der Waals surface area contributed by atoms with Crippen LogP contribution in [0.25, 0.3) is 0 Å². The average Bonchev–Trinajstić information content (AvgIpc) is 2.41. The predicted molar refractivity (Wildman–Crippen MR) is 78.9 cm³/mol. The van der Waals surface area contributed by atoms with Gasteiger partial charge in [0.2, 0.25) is 5.88 Å². The molecule has 0 bridgehead atoms. The van der Waals surface area contributed by atoms with E-state index in [1.165, 1.54) is 6.20 Å². The summed E-state index contributed by atoms with van der Waals surface area (Å²) in [6.07, 6.45) is 2.57. The molecule has 1 atom stereocenters. The number of para-hydroxylation sites is 1. The van der Waals surface area contributed by atoms with Crippen molar-refractivity contribution in [1.29, 1.82) is 0 Å². The van der Waals surface area contributed by atoms with E-state index < -0.39 is 0 Å². The van der Waals surface area contributed by atoms with E-state index in [9.17, 15) is 0 Å². The van der Waals surface area contributed by atoms with Gasteiger partial charge < -0.3 is 10.5 Å². The molecule has 0 aliphatic heterocycles.